The number of aliphatic hydroxyl groups excluding tert-OH is 1. The molecule has 0 amide bonds. The summed E-state index contributed by atoms with van der Waals surface area (Å²) >= 11 is 12.0. The van der Waals surface area contributed by atoms with Crippen molar-refractivity contribution in [3.05, 3.63) is 69.7 Å². The van der Waals surface area contributed by atoms with Crippen LogP contribution < -0.4 is 11.1 Å². The van der Waals surface area contributed by atoms with E-state index in [1.54, 1.807) is 13.0 Å². The highest BCUT2D eigenvalue weighted by atomic mass is 35.5. The molecule has 3 nitrogen and oxygen atoms in total. The molecule has 0 fully saturated rings. The number of hydrogen-bond donors (Lipinski definition) is 3. The van der Waals surface area contributed by atoms with E-state index >= 15 is 0 Å². The minimum absolute atomic E-state index is 0.157. The summed E-state index contributed by atoms with van der Waals surface area (Å²) in [5, 5.41) is 14.3. The lowest BCUT2D eigenvalue weighted by Crippen LogP contribution is -2.44. The van der Waals surface area contributed by atoms with E-state index in [1.807, 2.05) is 42.5 Å². The zero-order valence-corrected chi connectivity index (χ0v) is 13.9. The molecule has 2 aromatic rings. The number of nitrogens with two attached hydrogens (primary N) is 1. The van der Waals surface area contributed by atoms with Gasteiger partial charge in [0.25, 0.3) is 0 Å². The van der Waals surface area contributed by atoms with Crippen LogP contribution in [0, 0.1) is 0 Å². The van der Waals surface area contributed by atoms with Crippen molar-refractivity contribution >= 4 is 23.2 Å². The van der Waals surface area contributed by atoms with Crippen molar-refractivity contribution in [2.45, 2.75) is 31.7 Å². The Balaban J connectivity index is 2.14. The van der Waals surface area contributed by atoms with Crippen LogP contribution in [0.1, 0.15) is 24.1 Å². The first-order valence-electron chi connectivity index (χ1n) is 7.15. The molecule has 22 heavy (non-hydrogen) atoms. The lowest BCUT2D eigenvalue weighted by Gasteiger charge is -2.27. The maximum absolute atomic E-state index is 9.83. The third-order valence-electron chi connectivity index (χ3n) is 3.61. The van der Waals surface area contributed by atoms with Crippen LogP contribution in [0.5, 0.6) is 0 Å². The molecule has 3 atom stereocenters. The quantitative estimate of drug-likeness (QED) is 0.755. The summed E-state index contributed by atoms with van der Waals surface area (Å²) in [4.78, 5) is 0. The predicted octanol–water partition coefficient (Wildman–Crippen LogP) is 3.53. The Labute approximate surface area is 141 Å². The van der Waals surface area contributed by atoms with Gasteiger partial charge in [0.2, 0.25) is 0 Å². The van der Waals surface area contributed by atoms with Gasteiger partial charge >= 0.3 is 0 Å². The summed E-state index contributed by atoms with van der Waals surface area (Å²) in [5.41, 5.74) is 8.20. The molecule has 0 aliphatic carbocycles. The average Bonchev–Trinajstić information content (AvgIpc) is 2.51. The van der Waals surface area contributed by atoms with Crippen molar-refractivity contribution in [3.8, 4) is 0 Å². The first-order chi connectivity index (χ1) is 10.5. The molecule has 118 valence electrons. The normalized spacial score (nSPS) is 15.3. The zero-order valence-electron chi connectivity index (χ0n) is 12.3. The topological polar surface area (TPSA) is 58.3 Å². The Morgan fingerprint density at radius 1 is 1.09 bits per heavy atom. The van der Waals surface area contributed by atoms with E-state index in [-0.39, 0.29) is 6.04 Å². The molecule has 0 spiro atoms. The Morgan fingerprint density at radius 3 is 2.36 bits per heavy atom. The van der Waals surface area contributed by atoms with Crippen molar-refractivity contribution in [3.63, 3.8) is 0 Å². The molecule has 0 aliphatic rings. The van der Waals surface area contributed by atoms with E-state index in [1.165, 1.54) is 0 Å². The molecule has 0 radical (unpaired) electrons. The molecule has 0 bridgehead atoms. The lowest BCUT2D eigenvalue weighted by molar-refractivity contribution is 0.142. The summed E-state index contributed by atoms with van der Waals surface area (Å²) in [5.74, 6) is 0. The fourth-order valence-corrected chi connectivity index (χ4v) is 2.61. The number of halogens is 2. The van der Waals surface area contributed by atoms with Gasteiger partial charge in [-0.15, -0.1) is 0 Å². The average molecular weight is 339 g/mol. The molecule has 3 unspecified atom stereocenters. The van der Waals surface area contributed by atoms with Crippen LogP contribution >= 0.6 is 23.2 Å². The standard InChI is InChI=1S/C17H20Cl2N2O/c1-11(22)16(20)17(13-5-3-2-4-6-13)21-10-12-7-8-14(18)15(19)9-12/h2-9,11,16-17,21-22H,10,20H2,1H3. The van der Waals surface area contributed by atoms with Gasteiger partial charge in [0.15, 0.2) is 0 Å². The first-order valence-corrected chi connectivity index (χ1v) is 7.90. The summed E-state index contributed by atoms with van der Waals surface area (Å²) < 4.78 is 0. The van der Waals surface area contributed by atoms with Gasteiger partial charge in [0, 0.05) is 12.6 Å². The maximum Gasteiger partial charge on any atom is 0.0681 e. The van der Waals surface area contributed by atoms with Gasteiger partial charge in [-0.1, -0.05) is 59.6 Å². The second-order valence-corrected chi connectivity index (χ2v) is 6.15. The molecule has 0 heterocycles. The molecule has 0 saturated heterocycles. The molecule has 0 saturated carbocycles. The smallest absolute Gasteiger partial charge is 0.0681 e. The van der Waals surface area contributed by atoms with Gasteiger partial charge in [-0.05, 0) is 30.2 Å². The van der Waals surface area contributed by atoms with E-state index in [4.69, 9.17) is 28.9 Å². The van der Waals surface area contributed by atoms with Crippen LogP contribution in [-0.4, -0.2) is 17.3 Å². The Bertz CT molecular complexity index is 605. The summed E-state index contributed by atoms with van der Waals surface area (Å²) in [7, 11) is 0. The SMILES string of the molecule is CC(O)C(N)C(NCc1ccc(Cl)c(Cl)c1)c1ccccc1. The van der Waals surface area contributed by atoms with Crippen molar-refractivity contribution in [1.82, 2.24) is 5.32 Å². The van der Waals surface area contributed by atoms with E-state index in [9.17, 15) is 5.11 Å². The molecule has 2 rings (SSSR count). The fraction of sp³-hybridized carbons (Fsp3) is 0.294. The predicted molar refractivity (Wildman–Crippen MR) is 92.1 cm³/mol. The van der Waals surface area contributed by atoms with Crippen LogP contribution in [0.3, 0.4) is 0 Å². The van der Waals surface area contributed by atoms with Gasteiger partial charge < -0.3 is 16.2 Å². The molecular weight excluding hydrogens is 319 g/mol. The number of aliphatic hydroxyl groups is 1. The van der Waals surface area contributed by atoms with Crippen molar-refractivity contribution in [2.75, 3.05) is 0 Å². The van der Waals surface area contributed by atoms with E-state index in [0.29, 0.717) is 16.6 Å². The maximum atomic E-state index is 9.83. The minimum atomic E-state index is -0.619. The third-order valence-corrected chi connectivity index (χ3v) is 4.35. The summed E-state index contributed by atoms with van der Waals surface area (Å²) in [6, 6.07) is 14.8. The van der Waals surface area contributed by atoms with Crippen LogP contribution in [-0.2, 0) is 6.54 Å². The number of nitrogens with one attached hydrogen (secondary N) is 1. The van der Waals surface area contributed by atoms with Crippen LogP contribution in [0.15, 0.2) is 48.5 Å². The molecule has 0 aliphatic heterocycles. The summed E-state index contributed by atoms with van der Waals surface area (Å²) in [6.45, 7) is 2.28. The van der Waals surface area contributed by atoms with Crippen molar-refractivity contribution in [2.24, 2.45) is 5.73 Å². The third kappa shape index (κ3) is 4.45. The highest BCUT2D eigenvalue weighted by Crippen LogP contribution is 2.24. The second-order valence-electron chi connectivity index (χ2n) is 5.34. The van der Waals surface area contributed by atoms with E-state index in [0.717, 1.165) is 11.1 Å². The monoisotopic (exact) mass is 338 g/mol. The molecular formula is C17H20Cl2N2O. The van der Waals surface area contributed by atoms with Gasteiger partial charge in [0.05, 0.1) is 22.2 Å². The molecule has 0 aromatic heterocycles. The number of hydrogen-bond acceptors (Lipinski definition) is 3. The Morgan fingerprint density at radius 2 is 1.77 bits per heavy atom. The van der Waals surface area contributed by atoms with Crippen LogP contribution in [0.25, 0.3) is 0 Å². The van der Waals surface area contributed by atoms with Gasteiger partial charge in [0.1, 0.15) is 0 Å². The molecule has 5 heteroatoms. The highest BCUT2D eigenvalue weighted by Gasteiger charge is 2.23. The van der Waals surface area contributed by atoms with Gasteiger partial charge in [-0.2, -0.15) is 0 Å². The van der Waals surface area contributed by atoms with Crippen LogP contribution in [0.4, 0.5) is 0 Å². The number of benzene rings is 2. The van der Waals surface area contributed by atoms with Gasteiger partial charge in [-0.3, -0.25) is 0 Å². The molecule has 4 N–H and O–H groups in total. The highest BCUT2D eigenvalue weighted by molar-refractivity contribution is 6.42. The first kappa shape index (κ1) is 17.3. The van der Waals surface area contributed by atoms with E-state index in [2.05, 4.69) is 5.32 Å². The summed E-state index contributed by atoms with van der Waals surface area (Å²) in [6.07, 6.45) is -0.619. The fourth-order valence-electron chi connectivity index (χ4n) is 2.29. The van der Waals surface area contributed by atoms with Crippen LogP contribution in [0.2, 0.25) is 10.0 Å². The van der Waals surface area contributed by atoms with E-state index < -0.39 is 12.1 Å². The van der Waals surface area contributed by atoms with Crippen molar-refractivity contribution < 1.29 is 5.11 Å². The second kappa shape index (κ2) is 7.95. The Kier molecular flexibility index (Phi) is 6.24. The zero-order chi connectivity index (χ0) is 16.1. The number of rotatable bonds is 6. The minimum Gasteiger partial charge on any atom is -0.392 e. The van der Waals surface area contributed by atoms with Gasteiger partial charge in [-0.25, -0.2) is 0 Å². The lowest BCUT2D eigenvalue weighted by atomic mass is 9.96. The van der Waals surface area contributed by atoms with Crippen molar-refractivity contribution in [1.29, 1.82) is 0 Å². The molecule has 2 aromatic carbocycles. The Hall–Kier alpha value is -1.10. The largest absolute Gasteiger partial charge is 0.392 e.